The first-order valence-corrected chi connectivity index (χ1v) is 8.21. The number of rotatable bonds is 4. The van der Waals surface area contributed by atoms with E-state index in [1.165, 1.54) is 6.92 Å². The predicted molar refractivity (Wildman–Crippen MR) is 97.6 cm³/mol. The molecule has 0 radical (unpaired) electrons. The zero-order chi connectivity index (χ0) is 17.8. The van der Waals surface area contributed by atoms with Crippen molar-refractivity contribution in [2.45, 2.75) is 19.4 Å². The smallest absolute Gasteiger partial charge is 0.302 e. The van der Waals surface area contributed by atoms with Crippen molar-refractivity contribution in [1.82, 2.24) is 0 Å². The molecule has 6 heteroatoms. The fourth-order valence-electron chi connectivity index (χ4n) is 2.92. The minimum atomic E-state index is -0.251. The van der Waals surface area contributed by atoms with Gasteiger partial charge < -0.3 is 20.7 Å². The monoisotopic (exact) mass is 339 g/mol. The van der Waals surface area contributed by atoms with Crippen LogP contribution in [0.1, 0.15) is 23.7 Å². The number of anilines is 3. The minimum absolute atomic E-state index is 0.0680. The summed E-state index contributed by atoms with van der Waals surface area (Å²) in [5.74, 6) is -0.456. The Morgan fingerprint density at radius 2 is 1.88 bits per heavy atom. The number of carbonyl (C=O) groups excluding carboxylic acids is 2. The van der Waals surface area contributed by atoms with E-state index in [2.05, 4.69) is 10.2 Å². The fraction of sp³-hybridized carbons (Fsp3) is 0.263. The Bertz CT molecular complexity index is 774. The molecule has 0 saturated carbocycles. The molecule has 1 saturated heterocycles. The molecule has 1 fully saturated rings. The Balaban J connectivity index is 1.63. The SMILES string of the molecule is CC(=O)OC1CCN(c2ccc(C(=O)Nc3ccccc3N)cc2)C1. The molecule has 1 unspecified atom stereocenters. The van der Waals surface area contributed by atoms with Crippen LogP contribution in [0.3, 0.4) is 0 Å². The fourth-order valence-corrected chi connectivity index (χ4v) is 2.92. The van der Waals surface area contributed by atoms with Crippen LogP contribution in [0.2, 0.25) is 0 Å². The first-order chi connectivity index (χ1) is 12.0. The third kappa shape index (κ3) is 4.09. The van der Waals surface area contributed by atoms with Crippen LogP contribution in [0.5, 0.6) is 0 Å². The number of nitrogen functional groups attached to an aromatic ring is 1. The topological polar surface area (TPSA) is 84.7 Å². The average Bonchev–Trinajstić information content (AvgIpc) is 3.05. The van der Waals surface area contributed by atoms with E-state index in [0.29, 0.717) is 23.5 Å². The second kappa shape index (κ2) is 7.25. The normalized spacial score (nSPS) is 16.5. The predicted octanol–water partition coefficient (Wildman–Crippen LogP) is 2.66. The Morgan fingerprint density at radius 3 is 2.56 bits per heavy atom. The number of hydrogen-bond acceptors (Lipinski definition) is 5. The third-order valence-corrected chi connectivity index (χ3v) is 4.18. The number of benzene rings is 2. The highest BCUT2D eigenvalue weighted by atomic mass is 16.5. The van der Waals surface area contributed by atoms with E-state index in [9.17, 15) is 9.59 Å². The number of para-hydroxylation sites is 2. The maximum absolute atomic E-state index is 12.3. The standard InChI is InChI=1S/C19H21N3O3/c1-13(23)25-16-10-11-22(12-16)15-8-6-14(7-9-15)19(24)21-18-5-3-2-4-17(18)20/h2-9,16H,10-12,20H2,1H3,(H,21,24). The second-order valence-corrected chi connectivity index (χ2v) is 6.05. The summed E-state index contributed by atoms with van der Waals surface area (Å²) in [5, 5.41) is 2.81. The number of amides is 1. The van der Waals surface area contributed by atoms with Gasteiger partial charge in [-0.05, 0) is 36.4 Å². The van der Waals surface area contributed by atoms with Gasteiger partial charge in [-0.15, -0.1) is 0 Å². The molecule has 0 aliphatic carbocycles. The van der Waals surface area contributed by atoms with Gasteiger partial charge in [-0.1, -0.05) is 12.1 Å². The number of nitrogens with two attached hydrogens (primary N) is 1. The van der Waals surface area contributed by atoms with Crippen molar-refractivity contribution in [1.29, 1.82) is 0 Å². The minimum Gasteiger partial charge on any atom is -0.461 e. The van der Waals surface area contributed by atoms with Gasteiger partial charge in [-0.3, -0.25) is 9.59 Å². The van der Waals surface area contributed by atoms with Crippen LogP contribution in [0, 0.1) is 0 Å². The van der Waals surface area contributed by atoms with Gasteiger partial charge in [-0.2, -0.15) is 0 Å². The number of ether oxygens (including phenoxy) is 1. The van der Waals surface area contributed by atoms with Crippen LogP contribution in [0.25, 0.3) is 0 Å². The first-order valence-electron chi connectivity index (χ1n) is 8.21. The summed E-state index contributed by atoms with van der Waals surface area (Å²) in [6.07, 6.45) is 0.747. The molecule has 2 aromatic carbocycles. The summed E-state index contributed by atoms with van der Waals surface area (Å²) in [6.45, 7) is 2.92. The Labute approximate surface area is 146 Å². The van der Waals surface area contributed by atoms with Crippen LogP contribution >= 0.6 is 0 Å². The van der Waals surface area contributed by atoms with Crippen LogP contribution in [-0.4, -0.2) is 31.1 Å². The molecule has 1 atom stereocenters. The Hall–Kier alpha value is -3.02. The molecule has 0 bridgehead atoms. The number of nitrogens with one attached hydrogen (secondary N) is 1. The van der Waals surface area contributed by atoms with Crippen LogP contribution in [-0.2, 0) is 9.53 Å². The lowest BCUT2D eigenvalue weighted by molar-refractivity contribution is -0.145. The highest BCUT2D eigenvalue weighted by molar-refractivity contribution is 6.05. The maximum atomic E-state index is 12.3. The highest BCUT2D eigenvalue weighted by Gasteiger charge is 2.25. The van der Waals surface area contributed by atoms with Crippen molar-refractivity contribution in [3.63, 3.8) is 0 Å². The van der Waals surface area contributed by atoms with Crippen molar-refractivity contribution < 1.29 is 14.3 Å². The largest absolute Gasteiger partial charge is 0.461 e. The van der Waals surface area contributed by atoms with E-state index in [-0.39, 0.29) is 18.0 Å². The van der Waals surface area contributed by atoms with Crippen molar-refractivity contribution in [2.24, 2.45) is 0 Å². The van der Waals surface area contributed by atoms with Gasteiger partial charge in [0, 0.05) is 31.1 Å². The number of hydrogen-bond donors (Lipinski definition) is 2. The quantitative estimate of drug-likeness (QED) is 0.661. The number of carbonyl (C=O) groups is 2. The van der Waals surface area contributed by atoms with E-state index in [0.717, 1.165) is 18.7 Å². The lowest BCUT2D eigenvalue weighted by Crippen LogP contribution is -2.24. The van der Waals surface area contributed by atoms with E-state index in [1.54, 1.807) is 24.3 Å². The van der Waals surface area contributed by atoms with E-state index < -0.39 is 0 Å². The summed E-state index contributed by atoms with van der Waals surface area (Å²) < 4.78 is 5.25. The molecule has 1 amide bonds. The summed E-state index contributed by atoms with van der Waals surface area (Å²) in [6, 6.07) is 14.5. The van der Waals surface area contributed by atoms with Gasteiger partial charge >= 0.3 is 5.97 Å². The highest BCUT2D eigenvalue weighted by Crippen LogP contribution is 2.23. The molecule has 1 aliphatic heterocycles. The molecule has 130 valence electrons. The Morgan fingerprint density at radius 1 is 1.16 bits per heavy atom. The van der Waals surface area contributed by atoms with Gasteiger partial charge in [0.05, 0.1) is 17.9 Å². The molecule has 0 spiro atoms. The summed E-state index contributed by atoms with van der Waals surface area (Å²) in [5.41, 5.74) is 8.53. The van der Waals surface area contributed by atoms with Gasteiger partial charge in [0.25, 0.3) is 5.91 Å². The van der Waals surface area contributed by atoms with Gasteiger partial charge in [-0.25, -0.2) is 0 Å². The van der Waals surface area contributed by atoms with Gasteiger partial charge in [0.2, 0.25) is 0 Å². The first kappa shape index (κ1) is 16.8. The van der Waals surface area contributed by atoms with E-state index in [1.807, 2.05) is 24.3 Å². The lowest BCUT2D eigenvalue weighted by Gasteiger charge is -2.18. The second-order valence-electron chi connectivity index (χ2n) is 6.05. The van der Waals surface area contributed by atoms with Crippen molar-refractivity contribution in [2.75, 3.05) is 29.0 Å². The third-order valence-electron chi connectivity index (χ3n) is 4.18. The van der Waals surface area contributed by atoms with Gasteiger partial charge in [0.1, 0.15) is 6.10 Å². The molecular formula is C19H21N3O3. The maximum Gasteiger partial charge on any atom is 0.302 e. The van der Waals surface area contributed by atoms with Crippen LogP contribution < -0.4 is 16.0 Å². The molecule has 1 heterocycles. The van der Waals surface area contributed by atoms with Crippen molar-refractivity contribution in [3.05, 3.63) is 54.1 Å². The molecule has 2 aromatic rings. The van der Waals surface area contributed by atoms with Crippen LogP contribution in [0.4, 0.5) is 17.1 Å². The van der Waals surface area contributed by atoms with Crippen LogP contribution in [0.15, 0.2) is 48.5 Å². The summed E-state index contributed by atoms with van der Waals surface area (Å²) >= 11 is 0. The summed E-state index contributed by atoms with van der Waals surface area (Å²) in [7, 11) is 0. The van der Waals surface area contributed by atoms with E-state index >= 15 is 0 Å². The zero-order valence-corrected chi connectivity index (χ0v) is 14.1. The number of nitrogens with zero attached hydrogens (tertiary/aromatic N) is 1. The zero-order valence-electron chi connectivity index (χ0n) is 14.1. The van der Waals surface area contributed by atoms with E-state index in [4.69, 9.17) is 10.5 Å². The Kier molecular flexibility index (Phi) is 4.88. The molecule has 6 nitrogen and oxygen atoms in total. The summed E-state index contributed by atoms with van der Waals surface area (Å²) in [4.78, 5) is 25.5. The molecule has 1 aliphatic rings. The molecule has 3 rings (SSSR count). The van der Waals surface area contributed by atoms with Gasteiger partial charge in [0.15, 0.2) is 0 Å². The average molecular weight is 339 g/mol. The van der Waals surface area contributed by atoms with Crippen molar-refractivity contribution in [3.8, 4) is 0 Å². The van der Waals surface area contributed by atoms with Crippen molar-refractivity contribution >= 4 is 28.9 Å². The molecule has 25 heavy (non-hydrogen) atoms. The molecule has 0 aromatic heterocycles. The lowest BCUT2D eigenvalue weighted by atomic mass is 10.1. The number of esters is 1. The molecular weight excluding hydrogens is 318 g/mol. The molecule has 3 N–H and O–H groups in total.